The van der Waals surface area contributed by atoms with E-state index in [1.807, 2.05) is 54.6 Å². The molecule has 0 unspecified atom stereocenters. The lowest BCUT2D eigenvalue weighted by Crippen LogP contribution is -2.08. The van der Waals surface area contributed by atoms with Gasteiger partial charge in [0.1, 0.15) is 12.4 Å². The van der Waals surface area contributed by atoms with Gasteiger partial charge in [0.05, 0.1) is 6.54 Å². The molecule has 1 heterocycles. The number of aliphatic hydroxyl groups excluding tert-OH is 1. The molecule has 0 aliphatic carbocycles. The molecule has 0 atom stereocenters. The molecule has 2 aromatic carbocycles. The summed E-state index contributed by atoms with van der Waals surface area (Å²) in [5.41, 5.74) is 2.48. The molecule has 1 aromatic heterocycles. The molecule has 0 aliphatic heterocycles. The number of aliphatic hydroxyl groups is 1. The molecule has 0 fully saturated rings. The van der Waals surface area contributed by atoms with Gasteiger partial charge in [-0.05, 0) is 23.3 Å². The molecule has 122 valence electrons. The van der Waals surface area contributed by atoms with Crippen LogP contribution in [0.25, 0.3) is 11.1 Å². The fraction of sp³-hybridized carbons (Fsp3) is 0.105. The summed E-state index contributed by atoms with van der Waals surface area (Å²) < 4.78 is 5.29. The number of rotatable bonds is 5. The van der Waals surface area contributed by atoms with Crippen LogP contribution in [0.1, 0.15) is 11.5 Å². The van der Waals surface area contributed by atoms with Gasteiger partial charge in [0, 0.05) is 11.8 Å². The van der Waals surface area contributed by atoms with Crippen molar-refractivity contribution in [1.82, 2.24) is 0 Å². The quantitative estimate of drug-likeness (QED) is 0.672. The predicted molar refractivity (Wildman–Crippen MR) is 91.8 cm³/mol. The van der Waals surface area contributed by atoms with Crippen molar-refractivity contribution >= 4 is 5.69 Å². The second-order valence-electron chi connectivity index (χ2n) is 5.30. The molecule has 0 amide bonds. The Kier molecular flexibility index (Phi) is 4.63. The number of aromatic hydroxyl groups is 1. The smallest absolute Gasteiger partial charge is 0.227 e. The fourth-order valence-electron chi connectivity index (χ4n) is 2.38. The van der Waals surface area contributed by atoms with E-state index >= 15 is 0 Å². The van der Waals surface area contributed by atoms with Gasteiger partial charge in [-0.1, -0.05) is 42.5 Å². The molecule has 3 N–H and O–H groups in total. The van der Waals surface area contributed by atoms with Crippen LogP contribution in [-0.2, 0) is 13.2 Å². The highest BCUT2D eigenvalue weighted by Crippen LogP contribution is 2.22. The first-order chi connectivity index (χ1) is 11.7. The first-order valence-corrected chi connectivity index (χ1v) is 7.52. The van der Waals surface area contributed by atoms with E-state index in [4.69, 9.17) is 9.52 Å². The van der Waals surface area contributed by atoms with Crippen molar-refractivity contribution in [3.63, 3.8) is 0 Å². The monoisotopic (exact) mass is 323 g/mol. The topological polar surface area (TPSA) is 82.7 Å². The van der Waals surface area contributed by atoms with E-state index in [1.54, 1.807) is 0 Å². The van der Waals surface area contributed by atoms with Crippen molar-refractivity contribution in [2.75, 3.05) is 5.32 Å². The lowest BCUT2D eigenvalue weighted by molar-refractivity contribution is 0.236. The number of nitrogens with one attached hydrogen (secondary N) is 1. The van der Waals surface area contributed by atoms with Crippen LogP contribution in [0.5, 0.6) is 5.75 Å². The summed E-state index contributed by atoms with van der Waals surface area (Å²) in [4.78, 5) is 11.6. The van der Waals surface area contributed by atoms with Crippen LogP contribution in [0.3, 0.4) is 0 Å². The Morgan fingerprint density at radius 2 is 1.62 bits per heavy atom. The summed E-state index contributed by atoms with van der Waals surface area (Å²) in [5.74, 6) is -0.228. The Morgan fingerprint density at radius 1 is 0.958 bits per heavy atom. The molecule has 24 heavy (non-hydrogen) atoms. The zero-order valence-electron chi connectivity index (χ0n) is 12.9. The predicted octanol–water partition coefficient (Wildman–Crippen LogP) is 3.12. The lowest BCUT2D eigenvalue weighted by Gasteiger charge is -2.09. The molecule has 5 heteroatoms. The van der Waals surface area contributed by atoms with Gasteiger partial charge in [-0.3, -0.25) is 4.79 Å². The van der Waals surface area contributed by atoms with Crippen molar-refractivity contribution < 1.29 is 14.6 Å². The van der Waals surface area contributed by atoms with E-state index < -0.39 is 17.8 Å². The molecule has 3 rings (SSSR count). The summed E-state index contributed by atoms with van der Waals surface area (Å²) in [6.07, 6.45) is 0. The average molecular weight is 323 g/mol. The zero-order valence-corrected chi connectivity index (χ0v) is 12.9. The minimum Gasteiger partial charge on any atom is -0.502 e. The second kappa shape index (κ2) is 7.02. The van der Waals surface area contributed by atoms with Gasteiger partial charge in [0.25, 0.3) is 0 Å². The van der Waals surface area contributed by atoms with Crippen LogP contribution < -0.4 is 10.7 Å². The van der Waals surface area contributed by atoms with Gasteiger partial charge >= 0.3 is 0 Å². The number of benzene rings is 2. The Hall–Kier alpha value is -3.05. The van der Waals surface area contributed by atoms with E-state index in [-0.39, 0.29) is 18.1 Å². The van der Waals surface area contributed by atoms with Gasteiger partial charge in [-0.25, -0.2) is 0 Å². The molecule has 0 spiro atoms. The van der Waals surface area contributed by atoms with Crippen molar-refractivity contribution in [2.45, 2.75) is 13.2 Å². The maximum absolute atomic E-state index is 11.6. The van der Waals surface area contributed by atoms with Gasteiger partial charge in [0.15, 0.2) is 5.76 Å². The van der Waals surface area contributed by atoms with Gasteiger partial charge in [-0.2, -0.15) is 0 Å². The Labute approximate surface area is 138 Å². The van der Waals surface area contributed by atoms with Crippen LogP contribution in [0.15, 0.2) is 69.9 Å². The summed E-state index contributed by atoms with van der Waals surface area (Å²) >= 11 is 0. The van der Waals surface area contributed by atoms with Gasteiger partial charge in [-0.15, -0.1) is 0 Å². The van der Waals surface area contributed by atoms with E-state index in [2.05, 4.69) is 5.32 Å². The molecular weight excluding hydrogens is 306 g/mol. The Bertz CT molecular complexity index is 870. The van der Waals surface area contributed by atoms with Crippen LogP contribution in [-0.4, -0.2) is 10.2 Å². The Balaban J connectivity index is 1.74. The highest BCUT2D eigenvalue weighted by Gasteiger charge is 2.10. The van der Waals surface area contributed by atoms with Crippen molar-refractivity contribution in [2.24, 2.45) is 0 Å². The summed E-state index contributed by atoms with van der Waals surface area (Å²) in [5, 5.41) is 21.9. The summed E-state index contributed by atoms with van der Waals surface area (Å²) in [6.45, 7) is -0.256. The van der Waals surface area contributed by atoms with Crippen LogP contribution >= 0.6 is 0 Å². The van der Waals surface area contributed by atoms with E-state index in [9.17, 15) is 9.90 Å². The highest BCUT2D eigenvalue weighted by atomic mass is 16.4. The second-order valence-corrected chi connectivity index (χ2v) is 5.30. The third-order valence-electron chi connectivity index (χ3n) is 3.64. The molecule has 5 nitrogen and oxygen atoms in total. The molecule has 0 bridgehead atoms. The summed E-state index contributed by atoms with van der Waals surface area (Å²) in [6, 6.07) is 18.9. The first kappa shape index (κ1) is 15.8. The number of anilines is 1. The molecule has 0 saturated carbocycles. The van der Waals surface area contributed by atoms with Crippen molar-refractivity contribution in [3.8, 4) is 16.9 Å². The van der Waals surface area contributed by atoms with E-state index in [1.165, 1.54) is 0 Å². The highest BCUT2D eigenvalue weighted by molar-refractivity contribution is 5.65. The Morgan fingerprint density at radius 3 is 2.29 bits per heavy atom. The van der Waals surface area contributed by atoms with Gasteiger partial charge in [0.2, 0.25) is 11.2 Å². The minimum absolute atomic E-state index is 0.0960. The lowest BCUT2D eigenvalue weighted by atomic mass is 10.1. The average Bonchev–Trinajstić information content (AvgIpc) is 2.64. The zero-order chi connectivity index (χ0) is 16.9. The fourth-order valence-corrected chi connectivity index (χ4v) is 2.38. The molecule has 0 radical (unpaired) electrons. The van der Waals surface area contributed by atoms with Crippen LogP contribution in [0.4, 0.5) is 5.69 Å². The van der Waals surface area contributed by atoms with Crippen LogP contribution in [0.2, 0.25) is 0 Å². The van der Waals surface area contributed by atoms with Gasteiger partial charge < -0.3 is 19.9 Å². The minimum atomic E-state index is -0.568. The maximum atomic E-state index is 11.6. The SMILES string of the molecule is O=c1cc(CO)oc(CNc2ccc(-c3ccccc3)cc2)c1O. The summed E-state index contributed by atoms with van der Waals surface area (Å²) in [7, 11) is 0. The first-order valence-electron chi connectivity index (χ1n) is 7.52. The van der Waals surface area contributed by atoms with E-state index in [0.717, 1.165) is 22.9 Å². The third-order valence-corrected chi connectivity index (χ3v) is 3.64. The molecule has 0 saturated heterocycles. The largest absolute Gasteiger partial charge is 0.502 e. The molecule has 3 aromatic rings. The maximum Gasteiger partial charge on any atom is 0.227 e. The van der Waals surface area contributed by atoms with E-state index in [0.29, 0.717) is 0 Å². The molecule has 0 aliphatic rings. The number of hydrogen-bond acceptors (Lipinski definition) is 5. The van der Waals surface area contributed by atoms with Crippen LogP contribution in [0, 0.1) is 0 Å². The standard InChI is InChI=1S/C19H17NO4/c21-12-16-10-17(22)19(23)18(24-16)11-20-15-8-6-14(7-9-15)13-4-2-1-3-5-13/h1-10,20-21,23H,11-12H2. The molecular formula is C19H17NO4. The third kappa shape index (κ3) is 3.47. The number of hydrogen-bond donors (Lipinski definition) is 3. The van der Waals surface area contributed by atoms with Crippen molar-refractivity contribution in [1.29, 1.82) is 0 Å². The van der Waals surface area contributed by atoms with Crippen molar-refractivity contribution in [3.05, 3.63) is 82.4 Å². The normalized spacial score (nSPS) is 10.5.